The lowest BCUT2D eigenvalue weighted by molar-refractivity contribution is -0.168. The van der Waals surface area contributed by atoms with Crippen molar-refractivity contribution in [3.8, 4) is 34.5 Å². The summed E-state index contributed by atoms with van der Waals surface area (Å²) in [7, 11) is 0. The molecule has 11 N–H and O–H groups in total. The van der Waals surface area contributed by atoms with Gasteiger partial charge in [-0.3, -0.25) is 24.0 Å². The molecule has 5 aromatic rings. The first-order chi connectivity index (χ1) is 40.3. The molecule has 30 nitrogen and oxygen atoms in total. The number of phenols is 6. The van der Waals surface area contributed by atoms with Gasteiger partial charge in [0.15, 0.2) is 52.6 Å². The summed E-state index contributed by atoms with van der Waals surface area (Å²) in [6.07, 6.45) is 0.252. The van der Waals surface area contributed by atoms with Crippen LogP contribution in [0.25, 0.3) is 10.9 Å². The van der Waals surface area contributed by atoms with Gasteiger partial charge in [-0.1, -0.05) is 12.1 Å². The number of rotatable bonds is 14. The highest BCUT2D eigenvalue weighted by molar-refractivity contribution is 6.05. The molecule has 1 aromatic heterocycles. The lowest BCUT2D eigenvalue weighted by Crippen LogP contribution is -2.52. The number of aromatic carboxylic acids is 1. The standard InChI is InChI=1S/C54H52FN7O23/c1-23(50(76)84-24(2)85-54(80)61-13-11-60(12-14-61)37-18-36-29(17-32(37)55)41(66)31(49(74)75)19-62(36)26-9-10-26)56-45(70)25-15-30(44(69)40(65)16-25)48(73)59-35-22-83-52(78)33(57-46(71)27-5-3-7-38(63)42(27)67)20-81-51(77)34(21-82-53(35)79)58-47(72)28-6-4-8-39(64)43(28)68/h3-8,15-19,23-24,26,33-35,63-65,67-69H,9-14,20-22H2,1-2H3,(H,56,70)(H,57,71)(H,58,72)(H,59,73)(H,74,75)/t23-,24?,33-,34-,35-/m0/s1. The van der Waals surface area contributed by atoms with Crippen LogP contribution in [0.15, 0.2) is 71.7 Å². The summed E-state index contributed by atoms with van der Waals surface area (Å²) >= 11 is 0. The maximum atomic E-state index is 15.5. The number of nitrogens with one attached hydrogen (secondary N) is 4. The van der Waals surface area contributed by atoms with Crippen molar-refractivity contribution in [2.24, 2.45) is 0 Å². The van der Waals surface area contributed by atoms with E-state index in [9.17, 15) is 88.5 Å². The maximum Gasteiger partial charge on any atom is 0.412 e. The fourth-order valence-corrected chi connectivity index (χ4v) is 8.75. The molecule has 1 saturated carbocycles. The van der Waals surface area contributed by atoms with Gasteiger partial charge >= 0.3 is 35.9 Å². The zero-order valence-electron chi connectivity index (χ0n) is 44.6. The summed E-state index contributed by atoms with van der Waals surface area (Å²) < 4.78 is 43.2. The highest BCUT2D eigenvalue weighted by atomic mass is 19.1. The first-order valence-corrected chi connectivity index (χ1v) is 25.7. The lowest BCUT2D eigenvalue weighted by atomic mass is 10.1. The molecule has 0 spiro atoms. The number of hydrogen-bond donors (Lipinski definition) is 11. The number of aromatic nitrogens is 1. The van der Waals surface area contributed by atoms with E-state index in [2.05, 4.69) is 21.3 Å². The Hall–Kier alpha value is -10.9. The predicted molar refractivity (Wildman–Crippen MR) is 282 cm³/mol. The van der Waals surface area contributed by atoms with Gasteiger partial charge < -0.3 is 95.1 Å². The molecule has 448 valence electrons. The molecule has 4 aromatic carbocycles. The Balaban J connectivity index is 0.897. The summed E-state index contributed by atoms with van der Waals surface area (Å²) in [4.78, 5) is 148. The molecular formula is C54H52FN7O23. The van der Waals surface area contributed by atoms with E-state index >= 15 is 4.39 Å². The largest absolute Gasteiger partial charge is 0.504 e. The summed E-state index contributed by atoms with van der Waals surface area (Å²) in [5.41, 5.74) is -3.50. The average Bonchev–Trinajstić information content (AvgIpc) is 3.39. The molecule has 1 unspecified atom stereocenters. The number of cyclic esters (lactones) is 3. The summed E-state index contributed by atoms with van der Waals surface area (Å²) in [6.45, 7) is -0.807. The molecule has 85 heavy (non-hydrogen) atoms. The number of carboxylic acid groups (broad SMARTS) is 1. The first-order valence-electron chi connectivity index (χ1n) is 25.7. The SMILES string of the molecule is CC(OC(=O)[C@H](C)NC(=O)c1cc(O)c(O)c(C(=O)N[C@H]2COC(=O)[C@@H](NC(=O)c3cccc(O)c3O)COC(=O)[C@@H](NC(=O)c3cccc(O)c3O)COC2=O)c1)OC(=O)N1CCN(c2cc3c(cc2F)c(=O)c(C(=O)O)cn3C2CC2)CC1. The predicted octanol–water partition coefficient (Wildman–Crippen LogP) is 0.712. The number of benzene rings is 4. The van der Waals surface area contributed by atoms with Crippen molar-refractivity contribution in [3.05, 3.63) is 111 Å². The zero-order chi connectivity index (χ0) is 61.7. The van der Waals surface area contributed by atoms with E-state index in [1.807, 2.05) is 0 Å². The van der Waals surface area contributed by atoms with Crippen LogP contribution in [0.3, 0.4) is 0 Å². The van der Waals surface area contributed by atoms with Gasteiger partial charge in [0, 0.05) is 56.3 Å². The van der Waals surface area contributed by atoms with Crippen LogP contribution in [0, 0.1) is 5.82 Å². The monoisotopic (exact) mass is 1190 g/mol. The van der Waals surface area contributed by atoms with Crippen molar-refractivity contribution in [2.75, 3.05) is 50.9 Å². The molecule has 31 heteroatoms. The molecule has 3 fully saturated rings. The van der Waals surface area contributed by atoms with Gasteiger partial charge in [-0.25, -0.2) is 33.2 Å². The number of amides is 5. The average molecular weight is 1190 g/mol. The van der Waals surface area contributed by atoms with Gasteiger partial charge in [-0.05, 0) is 68.3 Å². The Labute approximate surface area is 476 Å². The highest BCUT2D eigenvalue weighted by Crippen LogP contribution is 2.39. The van der Waals surface area contributed by atoms with Crippen molar-refractivity contribution in [1.82, 2.24) is 30.7 Å². The van der Waals surface area contributed by atoms with Crippen molar-refractivity contribution in [3.63, 3.8) is 0 Å². The second kappa shape index (κ2) is 25.1. The number of hydrogen-bond acceptors (Lipinski definition) is 23. The van der Waals surface area contributed by atoms with Crippen molar-refractivity contribution in [2.45, 2.75) is 63.2 Å². The number of phenolic OH excluding ortho intramolecular Hbond substituents is 6. The van der Waals surface area contributed by atoms with Crippen LogP contribution in [0.2, 0.25) is 0 Å². The minimum atomic E-state index is -2.12. The number of esters is 4. The first kappa shape index (κ1) is 60.2. The van der Waals surface area contributed by atoms with E-state index in [-0.39, 0.29) is 43.3 Å². The van der Waals surface area contributed by atoms with Gasteiger partial charge in [-0.2, -0.15) is 0 Å². The van der Waals surface area contributed by atoms with Crippen LogP contribution in [0.1, 0.15) is 84.5 Å². The summed E-state index contributed by atoms with van der Waals surface area (Å²) in [5.74, 6) is -18.5. The molecule has 1 aliphatic carbocycles. The molecule has 2 aliphatic heterocycles. The van der Waals surface area contributed by atoms with Crippen molar-refractivity contribution >= 4 is 76.2 Å². The summed E-state index contributed by atoms with van der Waals surface area (Å²) in [6, 6.07) is 2.61. The van der Waals surface area contributed by atoms with E-state index < -0.39 is 183 Å². The van der Waals surface area contributed by atoms with E-state index in [0.717, 1.165) is 62.2 Å². The van der Waals surface area contributed by atoms with E-state index in [0.29, 0.717) is 17.6 Å². The van der Waals surface area contributed by atoms with Crippen LogP contribution < -0.4 is 31.6 Å². The fourth-order valence-electron chi connectivity index (χ4n) is 8.75. The molecular weight excluding hydrogens is 1130 g/mol. The Morgan fingerprint density at radius 2 is 1.11 bits per heavy atom. The van der Waals surface area contributed by atoms with E-state index in [1.165, 1.54) is 24.1 Å². The molecule has 3 heterocycles. The van der Waals surface area contributed by atoms with Crippen molar-refractivity contribution < 1.29 is 112 Å². The smallest absolute Gasteiger partial charge is 0.412 e. The number of aromatic hydroxyl groups is 6. The maximum absolute atomic E-state index is 15.5. The number of ether oxygens (including phenoxy) is 5. The number of para-hydroxylation sites is 2. The van der Waals surface area contributed by atoms with Gasteiger partial charge in [0.25, 0.3) is 23.6 Å². The number of anilines is 1. The van der Waals surface area contributed by atoms with Crippen LogP contribution in [0.5, 0.6) is 34.5 Å². The molecule has 0 radical (unpaired) electrons. The number of carbonyl (C=O) groups is 10. The molecule has 5 amide bonds. The number of pyridine rings is 1. The van der Waals surface area contributed by atoms with E-state index in [4.69, 9.17) is 23.7 Å². The molecule has 5 atom stereocenters. The van der Waals surface area contributed by atoms with E-state index in [1.54, 1.807) is 9.47 Å². The molecule has 3 aliphatic rings. The topological polar surface area (TPSA) is 435 Å². The number of carboxylic acids is 1. The summed E-state index contributed by atoms with van der Waals surface area (Å²) in [5, 5.41) is 79.9. The van der Waals surface area contributed by atoms with Crippen LogP contribution in [0.4, 0.5) is 14.9 Å². The Kier molecular flexibility index (Phi) is 17.8. The Bertz CT molecular complexity index is 3570. The number of fused-ring (bicyclic) bond motifs is 1. The van der Waals surface area contributed by atoms with Crippen LogP contribution >= 0.6 is 0 Å². The molecule has 8 rings (SSSR count). The van der Waals surface area contributed by atoms with Gasteiger partial charge in [-0.15, -0.1) is 0 Å². The Morgan fingerprint density at radius 3 is 1.60 bits per heavy atom. The second-order valence-electron chi connectivity index (χ2n) is 19.4. The number of piperazine rings is 1. The minimum Gasteiger partial charge on any atom is -0.504 e. The third-order valence-electron chi connectivity index (χ3n) is 13.5. The van der Waals surface area contributed by atoms with Crippen LogP contribution in [-0.2, 0) is 42.9 Å². The number of nitrogens with zero attached hydrogens (tertiary/aromatic N) is 3. The second-order valence-corrected chi connectivity index (χ2v) is 19.4. The zero-order valence-corrected chi connectivity index (χ0v) is 44.6. The van der Waals surface area contributed by atoms with Gasteiger partial charge in [0.1, 0.15) is 37.2 Å². The Morgan fingerprint density at radius 1 is 0.612 bits per heavy atom. The quantitative estimate of drug-likeness (QED) is 0.0316. The lowest BCUT2D eigenvalue weighted by Gasteiger charge is -2.36. The third-order valence-corrected chi connectivity index (χ3v) is 13.5. The highest BCUT2D eigenvalue weighted by Gasteiger charge is 2.37. The third kappa shape index (κ3) is 13.6. The van der Waals surface area contributed by atoms with Gasteiger partial charge in [0.05, 0.1) is 27.9 Å². The molecule has 2 saturated heterocycles. The number of halogens is 1. The normalized spacial score (nSPS) is 18.2. The van der Waals surface area contributed by atoms with Crippen LogP contribution in [-0.4, -0.2) is 181 Å². The molecule has 0 bridgehead atoms. The van der Waals surface area contributed by atoms with Gasteiger partial charge in [0.2, 0.25) is 11.7 Å². The minimum absolute atomic E-state index is 0.00255. The fraction of sp³-hybridized carbons (Fsp3) is 0.315. The number of carbonyl (C=O) groups excluding carboxylic acids is 9. The van der Waals surface area contributed by atoms with Crippen molar-refractivity contribution in [1.29, 1.82) is 0 Å².